The molecule has 3 rings (SSSR count). The highest BCUT2D eigenvalue weighted by Gasteiger charge is 2.36. The molecule has 0 radical (unpaired) electrons. The van der Waals surface area contributed by atoms with E-state index >= 15 is 0 Å². The summed E-state index contributed by atoms with van der Waals surface area (Å²) in [5.74, 6) is -0.143. The van der Waals surface area contributed by atoms with Crippen molar-refractivity contribution in [2.45, 2.75) is 15.5 Å². The second-order valence-electron chi connectivity index (χ2n) is 4.85. The minimum absolute atomic E-state index is 0.126. The Morgan fingerprint density at radius 1 is 1.28 bits per heavy atom. The van der Waals surface area contributed by atoms with Crippen molar-refractivity contribution < 1.29 is 21.6 Å². The normalized spacial score (nSPS) is 12.5. The third-order valence-electron chi connectivity index (χ3n) is 3.15. The lowest BCUT2D eigenvalue weighted by atomic mass is 10.3. The van der Waals surface area contributed by atoms with Crippen LogP contribution < -0.4 is 4.72 Å². The van der Waals surface area contributed by atoms with Gasteiger partial charge in [0.15, 0.2) is 5.65 Å². The SMILES string of the molecule is O=S(=O)(Nc1cc(CI)nc2c(C(F)(F)F)cnn12)c1cccnc1. The molecular weight excluding hydrogens is 474 g/mol. The number of aromatic nitrogens is 4. The minimum Gasteiger partial charge on any atom is -0.263 e. The van der Waals surface area contributed by atoms with Crippen molar-refractivity contribution in [2.24, 2.45) is 0 Å². The van der Waals surface area contributed by atoms with E-state index in [-0.39, 0.29) is 16.4 Å². The Morgan fingerprint density at radius 2 is 2.04 bits per heavy atom. The summed E-state index contributed by atoms with van der Waals surface area (Å²) < 4.78 is 67.4. The molecule has 0 aliphatic rings. The van der Waals surface area contributed by atoms with E-state index in [9.17, 15) is 21.6 Å². The molecule has 3 heterocycles. The van der Waals surface area contributed by atoms with Gasteiger partial charge in [0.05, 0.1) is 11.9 Å². The summed E-state index contributed by atoms with van der Waals surface area (Å²) in [5.41, 5.74) is -1.23. The minimum atomic E-state index is -4.65. The largest absolute Gasteiger partial charge is 0.421 e. The van der Waals surface area contributed by atoms with Crippen LogP contribution in [0.25, 0.3) is 5.65 Å². The smallest absolute Gasteiger partial charge is 0.263 e. The van der Waals surface area contributed by atoms with E-state index in [1.807, 2.05) is 22.6 Å². The predicted octanol–water partition coefficient (Wildman–Crippen LogP) is 2.88. The molecule has 0 bridgehead atoms. The Hall–Kier alpha value is -1.96. The fourth-order valence-electron chi connectivity index (χ4n) is 2.06. The number of alkyl halides is 4. The van der Waals surface area contributed by atoms with Crippen molar-refractivity contribution in [3.63, 3.8) is 0 Å². The topological polar surface area (TPSA) is 89.2 Å². The number of fused-ring (bicyclic) bond motifs is 1. The molecule has 0 aromatic carbocycles. The molecule has 0 atom stereocenters. The van der Waals surface area contributed by atoms with Gasteiger partial charge < -0.3 is 0 Å². The maximum absolute atomic E-state index is 13.1. The van der Waals surface area contributed by atoms with Crippen LogP contribution in [0.15, 0.2) is 41.7 Å². The van der Waals surface area contributed by atoms with E-state index in [4.69, 9.17) is 0 Å². The molecule has 7 nitrogen and oxygen atoms in total. The molecular formula is C13H9F3IN5O2S. The molecule has 0 saturated carbocycles. The first-order valence-corrected chi connectivity index (χ1v) is 9.67. The van der Waals surface area contributed by atoms with Gasteiger partial charge in [0.1, 0.15) is 16.3 Å². The zero-order valence-electron chi connectivity index (χ0n) is 12.2. The fraction of sp³-hybridized carbons (Fsp3) is 0.154. The summed E-state index contributed by atoms with van der Waals surface area (Å²) in [5, 5.41) is 3.63. The number of rotatable bonds is 4. The lowest BCUT2D eigenvalue weighted by Gasteiger charge is -2.11. The van der Waals surface area contributed by atoms with Crippen LogP contribution in [0, 0.1) is 0 Å². The molecule has 25 heavy (non-hydrogen) atoms. The zero-order valence-corrected chi connectivity index (χ0v) is 15.2. The average molecular weight is 483 g/mol. The molecule has 0 aliphatic heterocycles. The van der Waals surface area contributed by atoms with Crippen molar-refractivity contribution >= 4 is 44.1 Å². The monoisotopic (exact) mass is 483 g/mol. The lowest BCUT2D eigenvalue weighted by Crippen LogP contribution is -2.17. The highest BCUT2D eigenvalue weighted by molar-refractivity contribution is 14.1. The molecule has 1 N–H and O–H groups in total. The van der Waals surface area contributed by atoms with Gasteiger partial charge in [-0.1, -0.05) is 22.6 Å². The quantitative estimate of drug-likeness (QED) is 0.456. The van der Waals surface area contributed by atoms with Crippen molar-refractivity contribution in [3.05, 3.63) is 48.0 Å². The Labute approximate surface area is 153 Å². The zero-order chi connectivity index (χ0) is 18.2. The van der Waals surface area contributed by atoms with Crippen molar-refractivity contribution in [1.29, 1.82) is 0 Å². The summed E-state index contributed by atoms with van der Waals surface area (Å²) in [6, 6.07) is 4.08. The number of halogens is 4. The number of anilines is 1. The molecule has 12 heteroatoms. The standard InChI is InChI=1S/C13H9F3IN5O2S/c14-13(15,16)10-7-19-22-11(4-8(5-17)20-12(10)22)21-25(23,24)9-2-1-3-18-6-9/h1-4,6-7,21H,5H2. The summed E-state index contributed by atoms with van der Waals surface area (Å²) in [6.45, 7) is 0. The summed E-state index contributed by atoms with van der Waals surface area (Å²) in [4.78, 5) is 7.50. The number of hydrogen-bond acceptors (Lipinski definition) is 5. The molecule has 3 aromatic rings. The van der Waals surface area contributed by atoms with Crippen LogP contribution in [-0.4, -0.2) is 28.0 Å². The van der Waals surface area contributed by atoms with E-state index in [1.54, 1.807) is 0 Å². The third kappa shape index (κ3) is 3.53. The maximum Gasteiger partial charge on any atom is 0.421 e. The van der Waals surface area contributed by atoms with Crippen LogP contribution >= 0.6 is 22.6 Å². The van der Waals surface area contributed by atoms with Crippen molar-refractivity contribution in [2.75, 3.05) is 4.72 Å². The molecule has 0 saturated heterocycles. The first-order valence-electron chi connectivity index (χ1n) is 6.66. The summed E-state index contributed by atoms with van der Waals surface area (Å²) in [7, 11) is -4.04. The molecule has 0 amide bonds. The molecule has 0 fully saturated rings. The van der Waals surface area contributed by atoms with E-state index in [2.05, 4.69) is 19.8 Å². The van der Waals surface area contributed by atoms with Crippen LogP contribution in [-0.2, 0) is 20.6 Å². The second kappa shape index (κ2) is 6.40. The van der Waals surface area contributed by atoms with Gasteiger partial charge in [0, 0.05) is 22.9 Å². The van der Waals surface area contributed by atoms with Gasteiger partial charge in [-0.25, -0.2) is 13.4 Å². The molecule has 3 aromatic heterocycles. The third-order valence-corrected chi connectivity index (χ3v) is 5.27. The predicted molar refractivity (Wildman–Crippen MR) is 90.8 cm³/mol. The number of sulfonamides is 1. The van der Waals surface area contributed by atoms with E-state index in [1.165, 1.54) is 24.4 Å². The van der Waals surface area contributed by atoms with Gasteiger partial charge in [-0.05, 0) is 12.1 Å². The average Bonchev–Trinajstić information content (AvgIpc) is 2.99. The molecule has 0 unspecified atom stereocenters. The van der Waals surface area contributed by atoms with E-state index in [0.29, 0.717) is 10.6 Å². The maximum atomic E-state index is 13.1. The number of nitrogens with zero attached hydrogens (tertiary/aromatic N) is 4. The first-order chi connectivity index (χ1) is 11.7. The van der Waals surface area contributed by atoms with Gasteiger partial charge in [-0.2, -0.15) is 22.8 Å². The molecule has 0 spiro atoms. The molecule has 132 valence electrons. The van der Waals surface area contributed by atoms with Gasteiger partial charge in [0.2, 0.25) is 0 Å². The number of nitrogens with one attached hydrogen (secondary N) is 1. The fourth-order valence-corrected chi connectivity index (χ4v) is 3.44. The van der Waals surface area contributed by atoms with Crippen molar-refractivity contribution in [1.82, 2.24) is 19.6 Å². The van der Waals surface area contributed by atoms with Crippen LogP contribution in [0.2, 0.25) is 0 Å². The van der Waals surface area contributed by atoms with Crippen LogP contribution in [0.4, 0.5) is 19.0 Å². The van der Waals surface area contributed by atoms with Crippen LogP contribution in [0.5, 0.6) is 0 Å². The van der Waals surface area contributed by atoms with Crippen molar-refractivity contribution in [3.8, 4) is 0 Å². The van der Waals surface area contributed by atoms with Crippen LogP contribution in [0.1, 0.15) is 11.3 Å². The molecule has 0 aliphatic carbocycles. The highest BCUT2D eigenvalue weighted by Crippen LogP contribution is 2.33. The van der Waals surface area contributed by atoms with Crippen LogP contribution in [0.3, 0.4) is 0 Å². The Bertz CT molecular complexity index is 1020. The Balaban J connectivity index is 2.15. The van der Waals surface area contributed by atoms with Gasteiger partial charge in [0.25, 0.3) is 10.0 Å². The second-order valence-corrected chi connectivity index (χ2v) is 7.30. The number of pyridine rings is 1. The summed E-state index contributed by atoms with van der Waals surface area (Å²) in [6.07, 6.45) is -1.51. The Kier molecular flexibility index (Phi) is 4.57. The first kappa shape index (κ1) is 17.8. The number of hydrogen-bond donors (Lipinski definition) is 1. The van der Waals surface area contributed by atoms with Gasteiger partial charge in [-0.15, -0.1) is 0 Å². The van der Waals surface area contributed by atoms with Gasteiger partial charge >= 0.3 is 6.18 Å². The summed E-state index contributed by atoms with van der Waals surface area (Å²) >= 11 is 1.92. The van der Waals surface area contributed by atoms with E-state index in [0.717, 1.165) is 10.7 Å². The van der Waals surface area contributed by atoms with Gasteiger partial charge in [-0.3, -0.25) is 9.71 Å². The lowest BCUT2D eigenvalue weighted by molar-refractivity contribution is -0.136. The highest BCUT2D eigenvalue weighted by atomic mass is 127. The Morgan fingerprint density at radius 3 is 2.64 bits per heavy atom. The van der Waals surface area contributed by atoms with E-state index < -0.39 is 27.4 Å².